The van der Waals surface area contributed by atoms with E-state index in [0.717, 1.165) is 25.9 Å². The Labute approximate surface area is 124 Å². The molecule has 0 bridgehead atoms. The van der Waals surface area contributed by atoms with Gasteiger partial charge in [0.1, 0.15) is 11.3 Å². The zero-order valence-electron chi connectivity index (χ0n) is 12.6. The molecular weight excluding hydrogens is 270 g/mol. The SMILES string of the molecule is CCOc1cc(C(=O)N2CCCCC2)ccc1C(=O)OC. The predicted molar refractivity (Wildman–Crippen MR) is 78.7 cm³/mol. The molecule has 5 heteroatoms. The topological polar surface area (TPSA) is 55.8 Å². The van der Waals surface area contributed by atoms with Crippen LogP contribution in [-0.4, -0.2) is 43.6 Å². The maximum Gasteiger partial charge on any atom is 0.341 e. The molecule has 21 heavy (non-hydrogen) atoms. The van der Waals surface area contributed by atoms with Crippen LogP contribution in [0.4, 0.5) is 0 Å². The number of ether oxygens (including phenoxy) is 2. The van der Waals surface area contributed by atoms with Crippen LogP contribution < -0.4 is 4.74 Å². The Morgan fingerprint density at radius 1 is 1.19 bits per heavy atom. The maximum absolute atomic E-state index is 12.5. The summed E-state index contributed by atoms with van der Waals surface area (Å²) >= 11 is 0. The van der Waals surface area contributed by atoms with Crippen LogP contribution >= 0.6 is 0 Å². The normalized spacial score (nSPS) is 14.7. The molecule has 0 saturated carbocycles. The van der Waals surface area contributed by atoms with Gasteiger partial charge in [-0.25, -0.2) is 4.79 Å². The fourth-order valence-corrected chi connectivity index (χ4v) is 2.49. The summed E-state index contributed by atoms with van der Waals surface area (Å²) in [5.41, 5.74) is 0.891. The van der Waals surface area contributed by atoms with Crippen molar-refractivity contribution in [2.75, 3.05) is 26.8 Å². The minimum atomic E-state index is -0.463. The van der Waals surface area contributed by atoms with Gasteiger partial charge in [0.15, 0.2) is 0 Å². The first-order valence-electron chi connectivity index (χ1n) is 7.31. The molecule has 0 N–H and O–H groups in total. The van der Waals surface area contributed by atoms with Gasteiger partial charge in [-0.3, -0.25) is 4.79 Å². The minimum Gasteiger partial charge on any atom is -0.493 e. The van der Waals surface area contributed by atoms with Gasteiger partial charge in [-0.2, -0.15) is 0 Å². The highest BCUT2D eigenvalue weighted by Gasteiger charge is 2.21. The Bertz CT molecular complexity index is 521. The number of benzene rings is 1. The summed E-state index contributed by atoms with van der Waals surface area (Å²) in [6, 6.07) is 4.88. The van der Waals surface area contributed by atoms with Crippen LogP contribution in [0.2, 0.25) is 0 Å². The molecule has 1 heterocycles. The number of likely N-dealkylation sites (tertiary alicyclic amines) is 1. The summed E-state index contributed by atoms with van der Waals surface area (Å²) in [5.74, 6) is -0.0744. The fourth-order valence-electron chi connectivity index (χ4n) is 2.49. The van der Waals surface area contributed by atoms with Crippen molar-refractivity contribution in [1.82, 2.24) is 4.90 Å². The number of methoxy groups -OCH3 is 1. The second-order valence-electron chi connectivity index (χ2n) is 4.99. The summed E-state index contributed by atoms with van der Waals surface area (Å²) < 4.78 is 10.2. The number of rotatable bonds is 4. The lowest BCUT2D eigenvalue weighted by Gasteiger charge is -2.27. The predicted octanol–water partition coefficient (Wildman–Crippen LogP) is 2.50. The van der Waals surface area contributed by atoms with Gasteiger partial charge >= 0.3 is 5.97 Å². The third kappa shape index (κ3) is 3.54. The Balaban J connectivity index is 2.25. The van der Waals surface area contributed by atoms with Crippen molar-refractivity contribution >= 4 is 11.9 Å². The van der Waals surface area contributed by atoms with Gasteiger partial charge in [-0.1, -0.05) is 0 Å². The standard InChI is InChI=1S/C16H21NO4/c1-3-21-14-11-12(7-8-13(14)16(19)20-2)15(18)17-9-5-4-6-10-17/h7-8,11H,3-6,9-10H2,1-2H3. The molecular formula is C16H21NO4. The second-order valence-corrected chi connectivity index (χ2v) is 4.99. The zero-order chi connectivity index (χ0) is 15.2. The highest BCUT2D eigenvalue weighted by atomic mass is 16.5. The van der Waals surface area contributed by atoms with Crippen LogP contribution in [0.5, 0.6) is 5.75 Å². The molecule has 1 aromatic rings. The lowest BCUT2D eigenvalue weighted by molar-refractivity contribution is 0.0594. The summed E-state index contributed by atoms with van der Waals surface area (Å²) in [6.45, 7) is 3.84. The van der Waals surface area contributed by atoms with Gasteiger partial charge in [0.25, 0.3) is 5.91 Å². The number of carbonyl (C=O) groups is 2. The number of amides is 1. The van der Waals surface area contributed by atoms with E-state index in [1.807, 2.05) is 11.8 Å². The number of esters is 1. The summed E-state index contributed by atoms with van der Waals surface area (Å²) in [5, 5.41) is 0. The van der Waals surface area contributed by atoms with Crippen LogP contribution in [0.15, 0.2) is 18.2 Å². The van der Waals surface area contributed by atoms with Crippen molar-refractivity contribution in [1.29, 1.82) is 0 Å². The average molecular weight is 291 g/mol. The molecule has 0 atom stereocenters. The number of hydrogen-bond donors (Lipinski definition) is 0. The molecule has 1 fully saturated rings. The molecule has 0 unspecified atom stereocenters. The number of hydrogen-bond acceptors (Lipinski definition) is 4. The third-order valence-corrected chi connectivity index (χ3v) is 3.58. The maximum atomic E-state index is 12.5. The minimum absolute atomic E-state index is 0.00734. The second kappa shape index (κ2) is 7.11. The van der Waals surface area contributed by atoms with Crippen LogP contribution in [0.3, 0.4) is 0 Å². The Morgan fingerprint density at radius 3 is 2.52 bits per heavy atom. The molecule has 1 aromatic carbocycles. The van der Waals surface area contributed by atoms with Gasteiger partial charge in [0.05, 0.1) is 13.7 Å². The first-order chi connectivity index (χ1) is 10.2. The van der Waals surface area contributed by atoms with E-state index in [1.54, 1.807) is 18.2 Å². The quantitative estimate of drug-likeness (QED) is 0.800. The molecule has 1 amide bonds. The average Bonchev–Trinajstić information content (AvgIpc) is 2.54. The van der Waals surface area contributed by atoms with Gasteiger partial charge in [-0.15, -0.1) is 0 Å². The van der Waals surface area contributed by atoms with Gasteiger partial charge < -0.3 is 14.4 Å². The molecule has 1 aliphatic heterocycles. The first kappa shape index (κ1) is 15.4. The monoisotopic (exact) mass is 291 g/mol. The smallest absolute Gasteiger partial charge is 0.341 e. The molecule has 5 nitrogen and oxygen atoms in total. The summed E-state index contributed by atoms with van der Waals surface area (Å²) in [7, 11) is 1.32. The highest BCUT2D eigenvalue weighted by Crippen LogP contribution is 2.23. The van der Waals surface area contributed by atoms with Crippen LogP contribution in [0.1, 0.15) is 46.9 Å². The molecule has 2 rings (SSSR count). The Hall–Kier alpha value is -2.04. The Morgan fingerprint density at radius 2 is 1.90 bits per heavy atom. The molecule has 0 spiro atoms. The van der Waals surface area contributed by atoms with Crippen LogP contribution in [0, 0.1) is 0 Å². The van der Waals surface area contributed by atoms with Crippen LogP contribution in [-0.2, 0) is 4.74 Å². The molecule has 0 aliphatic carbocycles. The van der Waals surface area contributed by atoms with E-state index in [1.165, 1.54) is 13.5 Å². The van der Waals surface area contributed by atoms with Crippen molar-refractivity contribution in [2.24, 2.45) is 0 Å². The van der Waals surface area contributed by atoms with Crippen molar-refractivity contribution in [3.63, 3.8) is 0 Å². The van der Waals surface area contributed by atoms with Crippen molar-refractivity contribution < 1.29 is 19.1 Å². The molecule has 0 radical (unpaired) electrons. The van der Waals surface area contributed by atoms with E-state index >= 15 is 0 Å². The van der Waals surface area contributed by atoms with Crippen molar-refractivity contribution in [3.05, 3.63) is 29.3 Å². The number of carbonyl (C=O) groups excluding carboxylic acids is 2. The number of nitrogens with zero attached hydrogens (tertiary/aromatic N) is 1. The van der Waals surface area contributed by atoms with Gasteiger partial charge in [-0.05, 0) is 44.4 Å². The first-order valence-corrected chi connectivity index (χ1v) is 7.31. The largest absolute Gasteiger partial charge is 0.493 e. The van der Waals surface area contributed by atoms with E-state index in [-0.39, 0.29) is 5.91 Å². The van der Waals surface area contributed by atoms with Crippen LogP contribution in [0.25, 0.3) is 0 Å². The fraction of sp³-hybridized carbons (Fsp3) is 0.500. The lowest BCUT2D eigenvalue weighted by atomic mass is 10.1. The number of piperidine rings is 1. The van der Waals surface area contributed by atoms with E-state index in [4.69, 9.17) is 9.47 Å². The van der Waals surface area contributed by atoms with E-state index < -0.39 is 5.97 Å². The zero-order valence-corrected chi connectivity index (χ0v) is 12.6. The highest BCUT2D eigenvalue weighted by molar-refractivity contribution is 5.98. The summed E-state index contributed by atoms with van der Waals surface area (Å²) in [6.07, 6.45) is 3.27. The van der Waals surface area contributed by atoms with Crippen molar-refractivity contribution in [2.45, 2.75) is 26.2 Å². The van der Waals surface area contributed by atoms with E-state index in [2.05, 4.69) is 0 Å². The Kier molecular flexibility index (Phi) is 5.20. The van der Waals surface area contributed by atoms with E-state index in [9.17, 15) is 9.59 Å². The molecule has 114 valence electrons. The van der Waals surface area contributed by atoms with Gasteiger partial charge in [0.2, 0.25) is 0 Å². The summed E-state index contributed by atoms with van der Waals surface area (Å²) in [4.78, 5) is 26.0. The van der Waals surface area contributed by atoms with Gasteiger partial charge in [0, 0.05) is 18.7 Å². The molecule has 1 aliphatic rings. The molecule has 1 saturated heterocycles. The third-order valence-electron chi connectivity index (χ3n) is 3.58. The lowest BCUT2D eigenvalue weighted by Crippen LogP contribution is -2.35. The van der Waals surface area contributed by atoms with E-state index in [0.29, 0.717) is 23.5 Å². The van der Waals surface area contributed by atoms with Crippen molar-refractivity contribution in [3.8, 4) is 5.75 Å². The molecule has 0 aromatic heterocycles.